The Morgan fingerprint density at radius 1 is 1.40 bits per heavy atom. The molecule has 0 heterocycles. The van der Waals surface area contributed by atoms with Gasteiger partial charge in [0.25, 0.3) is 0 Å². The molecule has 0 saturated heterocycles. The lowest BCUT2D eigenvalue weighted by atomic mass is 10.2. The number of carbonyl (C=O) groups is 1. The fourth-order valence-electron chi connectivity index (χ4n) is 1.96. The van der Waals surface area contributed by atoms with Crippen LogP contribution in [0, 0.1) is 0 Å². The molecule has 1 rings (SSSR count). The fourth-order valence-corrected chi connectivity index (χ4v) is 1.96. The van der Waals surface area contributed by atoms with Gasteiger partial charge in [-0.05, 0) is 39.8 Å². The molecular weight excluding hydrogens is 254 g/mol. The highest BCUT2D eigenvalue weighted by molar-refractivity contribution is 5.84. The number of nitrogens with one attached hydrogen (secondary N) is 1. The zero-order valence-corrected chi connectivity index (χ0v) is 12.8. The number of ether oxygens (including phenoxy) is 1. The van der Waals surface area contributed by atoms with Crippen LogP contribution in [0.15, 0.2) is 18.2 Å². The van der Waals surface area contributed by atoms with Crippen LogP contribution in [0.5, 0.6) is 5.75 Å². The predicted octanol–water partition coefficient (Wildman–Crippen LogP) is 2.02. The first-order valence-electron chi connectivity index (χ1n) is 7.06. The average Bonchev–Trinajstić information content (AvgIpc) is 2.38. The summed E-state index contributed by atoms with van der Waals surface area (Å²) in [4.78, 5) is 13.7. The molecule has 0 aliphatic rings. The van der Waals surface area contributed by atoms with Crippen molar-refractivity contribution in [2.45, 2.75) is 33.8 Å². The number of nitrogen functional groups attached to an aromatic ring is 1. The number of nitrogens with zero attached hydrogens (tertiary/aromatic N) is 1. The Bertz CT molecular complexity index is 447. The number of rotatable bonds is 7. The molecule has 0 unspecified atom stereocenters. The van der Waals surface area contributed by atoms with Crippen molar-refractivity contribution in [1.82, 2.24) is 5.32 Å². The molecule has 1 aromatic rings. The molecule has 1 aromatic carbocycles. The molecule has 5 nitrogen and oxygen atoms in total. The van der Waals surface area contributed by atoms with E-state index in [0.717, 1.165) is 5.69 Å². The summed E-state index contributed by atoms with van der Waals surface area (Å²) < 4.78 is 5.68. The molecule has 0 spiro atoms. The van der Waals surface area contributed by atoms with Crippen molar-refractivity contribution < 1.29 is 9.53 Å². The van der Waals surface area contributed by atoms with Gasteiger partial charge in [0, 0.05) is 13.1 Å². The van der Waals surface area contributed by atoms with Crippen molar-refractivity contribution in [3.63, 3.8) is 0 Å². The minimum Gasteiger partial charge on any atom is -0.489 e. The first-order valence-corrected chi connectivity index (χ1v) is 7.06. The lowest BCUT2D eigenvalue weighted by Crippen LogP contribution is -2.37. The van der Waals surface area contributed by atoms with Gasteiger partial charge in [0.05, 0.1) is 24.0 Å². The Kier molecular flexibility index (Phi) is 6.15. The van der Waals surface area contributed by atoms with Gasteiger partial charge in [-0.3, -0.25) is 4.79 Å². The molecule has 112 valence electrons. The summed E-state index contributed by atoms with van der Waals surface area (Å²) in [5, 5.41) is 2.79. The van der Waals surface area contributed by atoms with Crippen molar-refractivity contribution in [1.29, 1.82) is 0 Å². The quantitative estimate of drug-likeness (QED) is 0.749. The maximum absolute atomic E-state index is 11.7. The largest absolute Gasteiger partial charge is 0.489 e. The molecule has 0 atom stereocenters. The normalized spacial score (nSPS) is 10.4. The summed E-state index contributed by atoms with van der Waals surface area (Å²) in [7, 11) is 0. The van der Waals surface area contributed by atoms with Crippen LogP contribution in [0.1, 0.15) is 27.7 Å². The van der Waals surface area contributed by atoms with Crippen LogP contribution in [0.4, 0.5) is 11.4 Å². The van der Waals surface area contributed by atoms with Gasteiger partial charge in [0.2, 0.25) is 5.91 Å². The van der Waals surface area contributed by atoms with Gasteiger partial charge < -0.3 is 20.7 Å². The first kappa shape index (κ1) is 16.1. The van der Waals surface area contributed by atoms with Gasteiger partial charge >= 0.3 is 0 Å². The van der Waals surface area contributed by atoms with Crippen LogP contribution in [-0.4, -0.2) is 31.6 Å². The van der Waals surface area contributed by atoms with Crippen LogP contribution in [0.2, 0.25) is 0 Å². The van der Waals surface area contributed by atoms with E-state index in [2.05, 4.69) is 5.32 Å². The van der Waals surface area contributed by atoms with E-state index >= 15 is 0 Å². The second kappa shape index (κ2) is 7.62. The lowest BCUT2D eigenvalue weighted by Gasteiger charge is -2.25. The Labute approximate surface area is 121 Å². The maximum Gasteiger partial charge on any atom is 0.239 e. The van der Waals surface area contributed by atoms with Gasteiger partial charge in [0.1, 0.15) is 5.75 Å². The standard InChI is InChI=1S/C15H25N3O2/c1-5-17-14(19)10-18(6-2)12-8-7-9-13(15(12)16)20-11(3)4/h7-9,11H,5-6,10,16H2,1-4H3,(H,17,19). The van der Waals surface area contributed by atoms with Gasteiger partial charge in [-0.25, -0.2) is 0 Å². The molecular formula is C15H25N3O2. The number of benzene rings is 1. The van der Waals surface area contributed by atoms with E-state index in [4.69, 9.17) is 10.5 Å². The molecule has 0 bridgehead atoms. The number of hydrogen-bond acceptors (Lipinski definition) is 4. The zero-order valence-electron chi connectivity index (χ0n) is 12.8. The summed E-state index contributed by atoms with van der Waals surface area (Å²) >= 11 is 0. The first-order chi connectivity index (χ1) is 9.49. The smallest absolute Gasteiger partial charge is 0.239 e. The van der Waals surface area contributed by atoms with E-state index in [1.54, 1.807) is 0 Å². The van der Waals surface area contributed by atoms with Gasteiger partial charge in [-0.1, -0.05) is 6.07 Å². The average molecular weight is 279 g/mol. The molecule has 5 heteroatoms. The van der Waals surface area contributed by atoms with Crippen molar-refractivity contribution in [2.75, 3.05) is 30.3 Å². The minimum absolute atomic E-state index is 0.0102. The van der Waals surface area contributed by atoms with E-state index in [0.29, 0.717) is 31.1 Å². The van der Waals surface area contributed by atoms with Crippen molar-refractivity contribution in [3.8, 4) is 5.75 Å². The predicted molar refractivity (Wildman–Crippen MR) is 83.2 cm³/mol. The minimum atomic E-state index is -0.0102. The number of para-hydroxylation sites is 1. The van der Waals surface area contributed by atoms with E-state index in [-0.39, 0.29) is 12.0 Å². The molecule has 0 aliphatic heterocycles. The Hall–Kier alpha value is -1.91. The molecule has 0 aromatic heterocycles. The van der Waals surface area contributed by atoms with Crippen LogP contribution in [0.25, 0.3) is 0 Å². The van der Waals surface area contributed by atoms with Gasteiger partial charge in [-0.2, -0.15) is 0 Å². The highest BCUT2D eigenvalue weighted by Crippen LogP contribution is 2.32. The van der Waals surface area contributed by atoms with E-state index in [1.165, 1.54) is 0 Å². The summed E-state index contributed by atoms with van der Waals surface area (Å²) in [6, 6.07) is 5.65. The number of nitrogens with two attached hydrogens (primary N) is 1. The second-order valence-electron chi connectivity index (χ2n) is 4.82. The summed E-state index contributed by atoms with van der Waals surface area (Å²) in [5.74, 6) is 0.649. The lowest BCUT2D eigenvalue weighted by molar-refractivity contribution is -0.119. The third-order valence-electron chi connectivity index (χ3n) is 2.84. The Balaban J connectivity index is 2.94. The monoisotopic (exact) mass is 279 g/mol. The van der Waals surface area contributed by atoms with Gasteiger partial charge in [-0.15, -0.1) is 0 Å². The van der Waals surface area contributed by atoms with Gasteiger partial charge in [0.15, 0.2) is 0 Å². The number of carbonyl (C=O) groups excluding carboxylic acids is 1. The molecule has 1 amide bonds. The third kappa shape index (κ3) is 4.33. The van der Waals surface area contributed by atoms with Crippen molar-refractivity contribution in [3.05, 3.63) is 18.2 Å². The number of amides is 1. The van der Waals surface area contributed by atoms with Crippen LogP contribution < -0.4 is 20.7 Å². The van der Waals surface area contributed by atoms with E-state index in [9.17, 15) is 4.79 Å². The summed E-state index contributed by atoms with van der Waals surface area (Å²) in [6.45, 7) is 9.43. The molecule has 0 aliphatic carbocycles. The third-order valence-corrected chi connectivity index (χ3v) is 2.84. The Morgan fingerprint density at radius 2 is 2.10 bits per heavy atom. The number of hydrogen-bond donors (Lipinski definition) is 2. The highest BCUT2D eigenvalue weighted by atomic mass is 16.5. The van der Waals surface area contributed by atoms with Crippen molar-refractivity contribution in [2.24, 2.45) is 0 Å². The molecule has 0 radical (unpaired) electrons. The summed E-state index contributed by atoms with van der Waals surface area (Å²) in [6.07, 6.45) is 0.0611. The highest BCUT2D eigenvalue weighted by Gasteiger charge is 2.15. The van der Waals surface area contributed by atoms with Crippen LogP contribution in [0.3, 0.4) is 0 Å². The van der Waals surface area contributed by atoms with E-state index < -0.39 is 0 Å². The van der Waals surface area contributed by atoms with Crippen LogP contribution >= 0.6 is 0 Å². The fraction of sp³-hybridized carbons (Fsp3) is 0.533. The van der Waals surface area contributed by atoms with Crippen LogP contribution in [-0.2, 0) is 4.79 Å². The topological polar surface area (TPSA) is 67.6 Å². The zero-order chi connectivity index (χ0) is 15.1. The van der Waals surface area contributed by atoms with Crippen molar-refractivity contribution >= 4 is 17.3 Å². The molecule has 3 N–H and O–H groups in total. The SMILES string of the molecule is CCNC(=O)CN(CC)c1cccc(OC(C)C)c1N. The summed E-state index contributed by atoms with van der Waals surface area (Å²) in [5.41, 5.74) is 7.57. The number of anilines is 2. The van der Waals surface area contributed by atoms with E-state index in [1.807, 2.05) is 50.8 Å². The molecule has 20 heavy (non-hydrogen) atoms. The Morgan fingerprint density at radius 3 is 2.65 bits per heavy atom. The molecule has 0 fully saturated rings. The maximum atomic E-state index is 11.7. The molecule has 0 saturated carbocycles. The second-order valence-corrected chi connectivity index (χ2v) is 4.82. The number of likely N-dealkylation sites (N-methyl/N-ethyl adjacent to an activating group) is 2.